The van der Waals surface area contributed by atoms with Crippen molar-refractivity contribution in [3.63, 3.8) is 0 Å². The highest BCUT2D eigenvalue weighted by molar-refractivity contribution is 8.13. The van der Waals surface area contributed by atoms with E-state index in [9.17, 15) is 12.8 Å². The Morgan fingerprint density at radius 1 is 1.43 bits per heavy atom. The largest absolute Gasteiger partial charge is 0.264 e. The molecular formula is C7H2Cl2FNO2S. The van der Waals surface area contributed by atoms with Crippen LogP contribution in [-0.2, 0) is 9.05 Å². The normalized spacial score (nSPS) is 11.0. The average Bonchev–Trinajstić information content (AvgIpc) is 1.99. The molecule has 0 atom stereocenters. The fourth-order valence-corrected chi connectivity index (χ4v) is 2.68. The molecule has 1 rings (SSSR count). The summed E-state index contributed by atoms with van der Waals surface area (Å²) < 4.78 is 34.6. The van der Waals surface area contributed by atoms with Gasteiger partial charge in [0.05, 0.1) is 10.6 Å². The number of halogens is 3. The molecule has 0 aromatic heterocycles. The summed E-state index contributed by atoms with van der Waals surface area (Å²) in [5.74, 6) is -0.796. The Morgan fingerprint density at radius 2 is 2.00 bits per heavy atom. The summed E-state index contributed by atoms with van der Waals surface area (Å²) in [6.07, 6.45) is 0. The molecule has 0 aliphatic carbocycles. The first kappa shape index (κ1) is 11.2. The predicted octanol–water partition coefficient (Wildman–Crippen LogP) is 2.28. The molecule has 1 aromatic carbocycles. The van der Waals surface area contributed by atoms with Crippen LogP contribution in [-0.4, -0.2) is 8.42 Å². The highest BCUT2D eigenvalue weighted by Gasteiger charge is 2.21. The van der Waals surface area contributed by atoms with E-state index in [0.29, 0.717) is 0 Å². The lowest BCUT2D eigenvalue weighted by atomic mass is 10.2. The van der Waals surface area contributed by atoms with Crippen LogP contribution in [0.25, 0.3) is 0 Å². The summed E-state index contributed by atoms with van der Waals surface area (Å²) in [7, 11) is 0.872. The van der Waals surface area contributed by atoms with Crippen LogP contribution < -0.4 is 0 Å². The zero-order valence-electron chi connectivity index (χ0n) is 6.46. The van der Waals surface area contributed by atoms with Crippen LogP contribution in [0.15, 0.2) is 17.0 Å². The molecule has 0 N–H and O–H groups in total. The summed E-state index contributed by atoms with van der Waals surface area (Å²) in [6, 6.07) is 3.02. The standard InChI is InChI=1S/C7H2Cl2FNO2S/c8-6-2-5(10)1-4(3-11)7(6)14(9,12)13/h1-2H. The third kappa shape index (κ3) is 2.15. The van der Waals surface area contributed by atoms with Crippen LogP contribution >= 0.6 is 22.3 Å². The Labute approximate surface area is 89.1 Å². The molecule has 0 spiro atoms. The summed E-state index contributed by atoms with van der Waals surface area (Å²) in [5.41, 5.74) is -0.412. The first-order valence-electron chi connectivity index (χ1n) is 3.20. The number of hydrogen-bond acceptors (Lipinski definition) is 3. The zero-order chi connectivity index (χ0) is 10.9. The molecule has 0 radical (unpaired) electrons. The molecule has 7 heteroatoms. The maximum absolute atomic E-state index is 12.7. The van der Waals surface area contributed by atoms with Gasteiger partial charge >= 0.3 is 0 Å². The Morgan fingerprint density at radius 3 is 2.43 bits per heavy atom. The van der Waals surface area contributed by atoms with Gasteiger partial charge in [-0.1, -0.05) is 11.6 Å². The van der Waals surface area contributed by atoms with Gasteiger partial charge in [-0.2, -0.15) is 5.26 Å². The number of benzene rings is 1. The van der Waals surface area contributed by atoms with Crippen LogP contribution in [0.4, 0.5) is 4.39 Å². The zero-order valence-corrected chi connectivity index (χ0v) is 8.79. The third-order valence-electron chi connectivity index (χ3n) is 1.37. The van der Waals surface area contributed by atoms with Gasteiger partial charge in [-0.15, -0.1) is 0 Å². The molecule has 0 saturated carbocycles. The molecule has 0 heterocycles. The van der Waals surface area contributed by atoms with Gasteiger partial charge in [-0.05, 0) is 12.1 Å². The molecule has 1 aromatic rings. The Balaban J connectivity index is 3.68. The number of rotatable bonds is 1. The number of hydrogen-bond donors (Lipinski definition) is 0. The van der Waals surface area contributed by atoms with E-state index in [-0.39, 0.29) is 0 Å². The SMILES string of the molecule is N#Cc1cc(F)cc(Cl)c1S(=O)(=O)Cl. The average molecular weight is 254 g/mol. The highest BCUT2D eigenvalue weighted by atomic mass is 35.7. The van der Waals surface area contributed by atoms with Crippen molar-refractivity contribution in [3.8, 4) is 6.07 Å². The van der Waals surface area contributed by atoms with Crippen molar-refractivity contribution < 1.29 is 12.8 Å². The minimum atomic E-state index is -4.14. The van der Waals surface area contributed by atoms with E-state index >= 15 is 0 Å². The first-order chi connectivity index (χ1) is 6.36. The van der Waals surface area contributed by atoms with Crippen molar-refractivity contribution in [1.82, 2.24) is 0 Å². The van der Waals surface area contributed by atoms with Gasteiger partial charge in [0.2, 0.25) is 0 Å². The van der Waals surface area contributed by atoms with Gasteiger partial charge in [0.25, 0.3) is 9.05 Å². The molecular weight excluding hydrogens is 252 g/mol. The van der Waals surface area contributed by atoms with E-state index in [2.05, 4.69) is 0 Å². The van der Waals surface area contributed by atoms with Crippen molar-refractivity contribution in [2.24, 2.45) is 0 Å². The van der Waals surface area contributed by atoms with Crippen molar-refractivity contribution in [2.45, 2.75) is 4.90 Å². The van der Waals surface area contributed by atoms with Crippen LogP contribution in [0.2, 0.25) is 5.02 Å². The summed E-state index contributed by atoms with van der Waals surface area (Å²) in [6.45, 7) is 0. The summed E-state index contributed by atoms with van der Waals surface area (Å²) in [4.78, 5) is -0.565. The van der Waals surface area contributed by atoms with E-state index < -0.39 is 30.3 Å². The predicted molar refractivity (Wildman–Crippen MR) is 49.2 cm³/mol. The number of nitrogens with zero attached hydrogens (tertiary/aromatic N) is 1. The fourth-order valence-electron chi connectivity index (χ4n) is 0.891. The van der Waals surface area contributed by atoms with Gasteiger partial charge in [0, 0.05) is 10.7 Å². The molecule has 0 bridgehead atoms. The quantitative estimate of drug-likeness (QED) is 0.722. The lowest BCUT2D eigenvalue weighted by Gasteiger charge is -2.02. The molecule has 74 valence electrons. The van der Waals surface area contributed by atoms with Crippen LogP contribution in [0.3, 0.4) is 0 Å². The second-order valence-electron chi connectivity index (χ2n) is 2.31. The smallest absolute Gasteiger partial charge is 0.207 e. The Hall–Kier alpha value is -0.830. The lowest BCUT2D eigenvalue weighted by molar-refractivity contribution is 0.607. The molecule has 0 aliphatic rings. The summed E-state index contributed by atoms with van der Waals surface area (Å²) in [5, 5.41) is 8.13. The van der Waals surface area contributed by atoms with Crippen LogP contribution in [0.5, 0.6) is 0 Å². The van der Waals surface area contributed by atoms with Crippen LogP contribution in [0, 0.1) is 17.1 Å². The molecule has 3 nitrogen and oxygen atoms in total. The Bertz CT molecular complexity index is 521. The molecule has 14 heavy (non-hydrogen) atoms. The monoisotopic (exact) mass is 253 g/mol. The van der Waals surface area contributed by atoms with Crippen molar-refractivity contribution in [1.29, 1.82) is 5.26 Å². The second kappa shape index (κ2) is 3.73. The van der Waals surface area contributed by atoms with Gasteiger partial charge in [0.15, 0.2) is 0 Å². The van der Waals surface area contributed by atoms with E-state index in [0.717, 1.165) is 12.1 Å². The fraction of sp³-hybridized carbons (Fsp3) is 0. The lowest BCUT2D eigenvalue weighted by Crippen LogP contribution is -1.97. The molecule has 0 aliphatic heterocycles. The van der Waals surface area contributed by atoms with E-state index in [1.54, 1.807) is 0 Å². The molecule has 0 fully saturated rings. The second-order valence-corrected chi connectivity index (χ2v) is 5.22. The van der Waals surface area contributed by atoms with Gasteiger partial charge < -0.3 is 0 Å². The maximum atomic E-state index is 12.7. The van der Waals surface area contributed by atoms with E-state index in [4.69, 9.17) is 27.5 Å². The minimum absolute atomic E-state index is 0.406. The van der Waals surface area contributed by atoms with Crippen molar-refractivity contribution in [2.75, 3.05) is 0 Å². The third-order valence-corrected chi connectivity index (χ3v) is 3.17. The Kier molecular flexibility index (Phi) is 3.00. The number of nitriles is 1. The van der Waals surface area contributed by atoms with Gasteiger partial charge in [0.1, 0.15) is 16.8 Å². The van der Waals surface area contributed by atoms with Gasteiger partial charge in [-0.3, -0.25) is 0 Å². The first-order valence-corrected chi connectivity index (χ1v) is 5.89. The van der Waals surface area contributed by atoms with E-state index in [1.165, 1.54) is 6.07 Å². The van der Waals surface area contributed by atoms with E-state index in [1.807, 2.05) is 0 Å². The minimum Gasteiger partial charge on any atom is -0.207 e. The van der Waals surface area contributed by atoms with Gasteiger partial charge in [-0.25, -0.2) is 12.8 Å². The molecule has 0 unspecified atom stereocenters. The van der Waals surface area contributed by atoms with Crippen LogP contribution in [0.1, 0.15) is 5.56 Å². The highest BCUT2D eigenvalue weighted by Crippen LogP contribution is 2.28. The summed E-state index contributed by atoms with van der Waals surface area (Å²) >= 11 is 5.44. The molecule has 0 saturated heterocycles. The maximum Gasteiger partial charge on any atom is 0.264 e. The molecule has 0 amide bonds. The van der Waals surface area contributed by atoms with Crippen molar-refractivity contribution >= 4 is 31.3 Å². The van der Waals surface area contributed by atoms with Crippen molar-refractivity contribution in [3.05, 3.63) is 28.5 Å². The topological polar surface area (TPSA) is 57.9 Å².